The predicted molar refractivity (Wildman–Crippen MR) is 103 cm³/mol. The zero-order valence-corrected chi connectivity index (χ0v) is 17.0. The molecule has 0 saturated heterocycles. The van der Waals surface area contributed by atoms with Gasteiger partial charge >= 0.3 is 5.97 Å². The molecule has 1 N–H and O–H groups in total. The van der Waals surface area contributed by atoms with Crippen molar-refractivity contribution >= 4 is 27.3 Å². The van der Waals surface area contributed by atoms with Crippen molar-refractivity contribution in [3.05, 3.63) is 63.9 Å². The van der Waals surface area contributed by atoms with Gasteiger partial charge in [0.15, 0.2) is 0 Å². The largest absolute Gasteiger partial charge is 0.465 e. The number of nitrogens with zero attached hydrogens (tertiary/aromatic N) is 2. The Morgan fingerprint density at radius 3 is 2.61 bits per heavy atom. The molecule has 28 heavy (non-hydrogen) atoms. The van der Waals surface area contributed by atoms with Crippen LogP contribution in [0.3, 0.4) is 0 Å². The monoisotopic (exact) mass is 423 g/mol. The Bertz CT molecular complexity index is 1100. The van der Waals surface area contributed by atoms with Gasteiger partial charge in [-0.25, -0.2) is 27.0 Å². The quantitative estimate of drug-likeness (QED) is 0.615. The molecule has 0 spiro atoms. The van der Waals surface area contributed by atoms with Gasteiger partial charge in [0.05, 0.1) is 19.0 Å². The van der Waals surface area contributed by atoms with Crippen molar-refractivity contribution in [1.82, 2.24) is 14.5 Å². The average molecular weight is 423 g/mol. The number of carbonyl (C=O) groups is 1. The van der Waals surface area contributed by atoms with E-state index in [1.807, 2.05) is 0 Å². The Morgan fingerprint density at radius 1 is 1.29 bits per heavy atom. The van der Waals surface area contributed by atoms with Crippen molar-refractivity contribution in [1.29, 1.82) is 0 Å². The molecule has 3 aromatic rings. The molecule has 2 aromatic heterocycles. The van der Waals surface area contributed by atoms with E-state index >= 15 is 0 Å². The number of nitrogens with one attached hydrogen (secondary N) is 1. The van der Waals surface area contributed by atoms with E-state index in [0.29, 0.717) is 16.9 Å². The first kappa shape index (κ1) is 20.2. The molecule has 0 aliphatic rings. The second-order valence-corrected chi connectivity index (χ2v) is 8.62. The Labute approximate surface area is 165 Å². The summed E-state index contributed by atoms with van der Waals surface area (Å²) >= 11 is 0.997. The summed E-state index contributed by atoms with van der Waals surface area (Å²) in [6.07, 6.45) is 1.56. The maximum Gasteiger partial charge on any atom is 0.349 e. The standard InChI is InChI=1S/C18H18FN3O4S2/c1-11(21-28(24,25)16-8-9-27-17(16)18(23)26-3)15-10-20-22(12(15)2)14-6-4-13(19)5-7-14/h4-11,21H,1-3H3/t11-/m1/s1. The van der Waals surface area contributed by atoms with E-state index in [1.165, 1.54) is 30.7 Å². The van der Waals surface area contributed by atoms with Gasteiger partial charge in [-0.2, -0.15) is 5.10 Å². The van der Waals surface area contributed by atoms with Gasteiger partial charge < -0.3 is 4.74 Å². The van der Waals surface area contributed by atoms with E-state index < -0.39 is 22.0 Å². The maximum absolute atomic E-state index is 13.1. The lowest BCUT2D eigenvalue weighted by Crippen LogP contribution is -2.28. The number of halogens is 1. The summed E-state index contributed by atoms with van der Waals surface area (Å²) < 4.78 is 47.5. The number of sulfonamides is 1. The number of hydrogen-bond acceptors (Lipinski definition) is 6. The normalized spacial score (nSPS) is 12.7. The summed E-state index contributed by atoms with van der Waals surface area (Å²) in [5.41, 5.74) is 2.02. The highest BCUT2D eigenvalue weighted by Crippen LogP contribution is 2.26. The van der Waals surface area contributed by atoms with E-state index in [9.17, 15) is 17.6 Å². The smallest absolute Gasteiger partial charge is 0.349 e. The summed E-state index contributed by atoms with van der Waals surface area (Å²) in [6, 6.07) is 6.58. The lowest BCUT2D eigenvalue weighted by molar-refractivity contribution is 0.0602. The first-order valence-electron chi connectivity index (χ1n) is 8.23. The minimum atomic E-state index is -3.95. The highest BCUT2D eigenvalue weighted by Gasteiger charge is 2.27. The highest BCUT2D eigenvalue weighted by atomic mass is 32.2. The van der Waals surface area contributed by atoms with Crippen LogP contribution in [0.15, 0.2) is 46.8 Å². The van der Waals surface area contributed by atoms with Crippen LogP contribution in [0.2, 0.25) is 0 Å². The van der Waals surface area contributed by atoms with E-state index in [-0.39, 0.29) is 15.6 Å². The topological polar surface area (TPSA) is 90.3 Å². The zero-order valence-electron chi connectivity index (χ0n) is 15.3. The minimum absolute atomic E-state index is 0.0147. The number of methoxy groups -OCH3 is 1. The summed E-state index contributed by atoms with van der Waals surface area (Å²) in [5.74, 6) is -1.06. The van der Waals surface area contributed by atoms with E-state index in [4.69, 9.17) is 0 Å². The number of ether oxygens (including phenoxy) is 1. The van der Waals surface area contributed by atoms with Crippen LogP contribution in [0.1, 0.15) is 33.9 Å². The molecule has 0 radical (unpaired) electrons. The predicted octanol–water partition coefficient (Wildman–Crippen LogP) is 3.21. The molecule has 0 saturated carbocycles. The molecule has 0 unspecified atom stereocenters. The molecule has 7 nitrogen and oxygen atoms in total. The van der Waals surface area contributed by atoms with Crippen molar-refractivity contribution < 1.29 is 22.3 Å². The number of carbonyl (C=O) groups excluding carboxylic acids is 1. The number of benzene rings is 1. The molecule has 0 aliphatic heterocycles. The molecule has 1 aromatic carbocycles. The number of aromatic nitrogens is 2. The van der Waals surface area contributed by atoms with Crippen molar-refractivity contribution in [2.75, 3.05) is 7.11 Å². The molecule has 0 bridgehead atoms. The van der Waals surface area contributed by atoms with Gasteiger partial charge in [0, 0.05) is 17.3 Å². The van der Waals surface area contributed by atoms with Crippen LogP contribution in [-0.2, 0) is 14.8 Å². The Kier molecular flexibility index (Phi) is 5.64. The van der Waals surface area contributed by atoms with Gasteiger partial charge in [-0.1, -0.05) is 0 Å². The minimum Gasteiger partial charge on any atom is -0.465 e. The van der Waals surface area contributed by atoms with E-state index in [1.54, 1.807) is 36.9 Å². The van der Waals surface area contributed by atoms with Crippen LogP contribution in [0, 0.1) is 12.7 Å². The van der Waals surface area contributed by atoms with E-state index in [0.717, 1.165) is 11.3 Å². The van der Waals surface area contributed by atoms with Crippen molar-refractivity contribution in [3.63, 3.8) is 0 Å². The molecule has 148 valence electrons. The molecule has 0 aliphatic carbocycles. The molecule has 2 heterocycles. The first-order chi connectivity index (χ1) is 13.2. The summed E-state index contributed by atoms with van der Waals surface area (Å²) in [5, 5.41) is 5.79. The fourth-order valence-electron chi connectivity index (χ4n) is 2.80. The van der Waals surface area contributed by atoms with Crippen molar-refractivity contribution in [3.8, 4) is 5.69 Å². The molecule has 3 rings (SSSR count). The van der Waals surface area contributed by atoms with Crippen molar-refractivity contribution in [2.24, 2.45) is 0 Å². The van der Waals surface area contributed by atoms with Crippen LogP contribution in [0.4, 0.5) is 4.39 Å². The van der Waals surface area contributed by atoms with Gasteiger partial charge in [-0.05, 0) is 49.6 Å². The zero-order chi connectivity index (χ0) is 20.5. The molecule has 0 amide bonds. The van der Waals surface area contributed by atoms with Gasteiger partial charge in [0.1, 0.15) is 15.6 Å². The van der Waals surface area contributed by atoms with Crippen LogP contribution < -0.4 is 4.72 Å². The molecular weight excluding hydrogens is 405 g/mol. The fraction of sp³-hybridized carbons (Fsp3) is 0.222. The lowest BCUT2D eigenvalue weighted by Gasteiger charge is -2.14. The third-order valence-electron chi connectivity index (χ3n) is 4.21. The van der Waals surface area contributed by atoms with Crippen molar-refractivity contribution in [2.45, 2.75) is 24.8 Å². The summed E-state index contributed by atoms with van der Waals surface area (Å²) in [6.45, 7) is 3.47. The number of thiophene rings is 1. The third kappa shape index (κ3) is 3.84. The molecule has 10 heteroatoms. The fourth-order valence-corrected chi connectivity index (χ4v) is 5.36. The number of esters is 1. The van der Waals surface area contributed by atoms with Gasteiger partial charge in [-0.3, -0.25) is 0 Å². The van der Waals surface area contributed by atoms with Gasteiger partial charge in [0.2, 0.25) is 10.0 Å². The summed E-state index contributed by atoms with van der Waals surface area (Å²) in [4.78, 5) is 11.7. The second-order valence-electron chi connectivity index (χ2n) is 6.02. The van der Waals surface area contributed by atoms with Gasteiger partial charge in [-0.15, -0.1) is 11.3 Å². The number of hydrogen-bond donors (Lipinski definition) is 1. The molecular formula is C18H18FN3O4S2. The highest BCUT2D eigenvalue weighted by molar-refractivity contribution is 7.89. The maximum atomic E-state index is 13.1. The molecule has 1 atom stereocenters. The van der Waals surface area contributed by atoms with Crippen LogP contribution in [0.5, 0.6) is 0 Å². The Hall–Kier alpha value is -2.56. The third-order valence-corrected chi connectivity index (χ3v) is 6.81. The van der Waals surface area contributed by atoms with Crippen LogP contribution in [0.25, 0.3) is 5.69 Å². The Morgan fingerprint density at radius 2 is 1.96 bits per heavy atom. The van der Waals surface area contributed by atoms with Gasteiger partial charge in [0.25, 0.3) is 0 Å². The van der Waals surface area contributed by atoms with Crippen LogP contribution in [-0.4, -0.2) is 31.3 Å². The number of rotatable bonds is 6. The second kappa shape index (κ2) is 7.82. The SMILES string of the molecule is COC(=O)c1sccc1S(=O)(=O)N[C@H](C)c1cnn(-c2ccc(F)cc2)c1C. The average Bonchev–Trinajstić information content (AvgIpc) is 3.29. The summed E-state index contributed by atoms with van der Waals surface area (Å²) in [7, 11) is -2.76. The molecule has 0 fully saturated rings. The lowest BCUT2D eigenvalue weighted by atomic mass is 10.1. The first-order valence-corrected chi connectivity index (χ1v) is 10.6. The van der Waals surface area contributed by atoms with Crippen LogP contribution >= 0.6 is 11.3 Å². The van der Waals surface area contributed by atoms with E-state index in [2.05, 4.69) is 14.6 Å². The Balaban J connectivity index is 1.87.